The Balaban J connectivity index is 1.49. The topological polar surface area (TPSA) is 97.3 Å². The van der Waals surface area contributed by atoms with Gasteiger partial charge in [-0.05, 0) is 12.8 Å². The number of nitrogens with two attached hydrogens (primary N) is 1. The van der Waals surface area contributed by atoms with Crippen LogP contribution in [0.4, 0.5) is 5.95 Å². The number of rotatable bonds is 3. The van der Waals surface area contributed by atoms with E-state index in [1.54, 1.807) is 4.90 Å². The van der Waals surface area contributed by atoms with Crippen molar-refractivity contribution in [2.24, 2.45) is 5.92 Å². The van der Waals surface area contributed by atoms with E-state index in [-0.39, 0.29) is 30.2 Å². The lowest BCUT2D eigenvalue weighted by molar-refractivity contribution is -0.140. The molecule has 2 N–H and O–H groups in total. The molecule has 1 saturated carbocycles. The van der Waals surface area contributed by atoms with Crippen LogP contribution in [0.3, 0.4) is 0 Å². The lowest BCUT2D eigenvalue weighted by Gasteiger charge is -2.34. The molecule has 0 radical (unpaired) electrons. The second kappa shape index (κ2) is 5.10. The minimum absolute atomic E-state index is 0.0200. The van der Waals surface area contributed by atoms with Crippen molar-refractivity contribution in [3.63, 3.8) is 0 Å². The van der Waals surface area contributed by atoms with Gasteiger partial charge in [0.15, 0.2) is 0 Å². The van der Waals surface area contributed by atoms with Crippen molar-refractivity contribution in [2.75, 3.05) is 31.9 Å². The number of aromatic nitrogens is 3. The van der Waals surface area contributed by atoms with Crippen LogP contribution in [0.2, 0.25) is 0 Å². The van der Waals surface area contributed by atoms with E-state index in [0.717, 1.165) is 12.8 Å². The lowest BCUT2D eigenvalue weighted by Crippen LogP contribution is -2.51. The molecule has 1 aliphatic carbocycles. The first-order valence-corrected chi connectivity index (χ1v) is 6.85. The number of hydrogen-bond acceptors (Lipinski definition) is 5. The average Bonchev–Trinajstić information content (AvgIpc) is 3.22. The van der Waals surface area contributed by atoms with Gasteiger partial charge in [0.25, 0.3) is 0 Å². The maximum absolute atomic E-state index is 12.1. The van der Waals surface area contributed by atoms with Crippen LogP contribution in [0, 0.1) is 5.92 Å². The van der Waals surface area contributed by atoms with Gasteiger partial charge in [0.05, 0.1) is 0 Å². The van der Waals surface area contributed by atoms with Gasteiger partial charge in [-0.3, -0.25) is 9.59 Å². The summed E-state index contributed by atoms with van der Waals surface area (Å²) in [6.07, 6.45) is 3.48. The van der Waals surface area contributed by atoms with Gasteiger partial charge < -0.3 is 15.5 Å². The van der Waals surface area contributed by atoms with Gasteiger partial charge in [-0.15, -0.1) is 5.10 Å². The summed E-state index contributed by atoms with van der Waals surface area (Å²) in [4.78, 5) is 31.4. The smallest absolute Gasteiger partial charge is 0.244 e. The van der Waals surface area contributed by atoms with Gasteiger partial charge in [-0.1, -0.05) is 0 Å². The summed E-state index contributed by atoms with van der Waals surface area (Å²) in [5, 5.41) is 3.89. The first-order valence-electron chi connectivity index (χ1n) is 6.85. The highest BCUT2D eigenvalue weighted by atomic mass is 16.2. The molecule has 2 amide bonds. The van der Waals surface area contributed by atoms with Crippen molar-refractivity contribution in [1.29, 1.82) is 0 Å². The molecule has 1 aliphatic heterocycles. The quantitative estimate of drug-likeness (QED) is 0.760. The SMILES string of the molecule is Nc1ncn(CC(=O)N2CCN(C(=O)C3CC3)CC2)n1. The molecule has 3 rings (SSSR count). The largest absolute Gasteiger partial charge is 0.367 e. The number of carbonyl (C=O) groups excluding carboxylic acids is 2. The average molecular weight is 278 g/mol. The van der Waals surface area contributed by atoms with Crippen LogP contribution in [-0.2, 0) is 16.1 Å². The Bertz CT molecular complexity index is 516. The van der Waals surface area contributed by atoms with Crippen LogP contribution in [0.15, 0.2) is 6.33 Å². The minimum Gasteiger partial charge on any atom is -0.367 e. The van der Waals surface area contributed by atoms with E-state index < -0.39 is 0 Å². The van der Waals surface area contributed by atoms with Gasteiger partial charge in [-0.25, -0.2) is 9.67 Å². The molecule has 2 fully saturated rings. The molecule has 1 aromatic heterocycles. The molecule has 1 saturated heterocycles. The molecule has 0 bridgehead atoms. The summed E-state index contributed by atoms with van der Waals surface area (Å²) in [5.41, 5.74) is 5.41. The predicted molar refractivity (Wildman–Crippen MR) is 70.3 cm³/mol. The summed E-state index contributed by atoms with van der Waals surface area (Å²) in [5.74, 6) is 0.641. The molecule has 1 aromatic rings. The number of carbonyl (C=O) groups is 2. The fourth-order valence-electron chi connectivity index (χ4n) is 2.39. The number of nitrogen functional groups attached to an aromatic ring is 1. The third kappa shape index (κ3) is 2.73. The van der Waals surface area contributed by atoms with Gasteiger partial charge in [-0.2, -0.15) is 0 Å². The molecule has 8 heteroatoms. The minimum atomic E-state index is -0.0200. The highest BCUT2D eigenvalue weighted by molar-refractivity contribution is 5.81. The Labute approximate surface area is 116 Å². The van der Waals surface area contributed by atoms with Crippen molar-refractivity contribution < 1.29 is 9.59 Å². The van der Waals surface area contributed by atoms with Crippen LogP contribution < -0.4 is 5.73 Å². The van der Waals surface area contributed by atoms with Crippen LogP contribution in [0.1, 0.15) is 12.8 Å². The molecule has 2 heterocycles. The van der Waals surface area contributed by atoms with E-state index in [9.17, 15) is 9.59 Å². The predicted octanol–water partition coefficient (Wildman–Crippen LogP) is -1.06. The summed E-state index contributed by atoms with van der Waals surface area (Å²) in [6, 6.07) is 0. The number of amides is 2. The zero-order chi connectivity index (χ0) is 14.1. The van der Waals surface area contributed by atoms with Crippen molar-refractivity contribution in [2.45, 2.75) is 19.4 Å². The lowest BCUT2D eigenvalue weighted by atomic mass is 10.2. The highest BCUT2D eigenvalue weighted by Crippen LogP contribution is 2.31. The number of nitrogens with zero attached hydrogens (tertiary/aromatic N) is 5. The monoisotopic (exact) mass is 278 g/mol. The Kier molecular flexibility index (Phi) is 3.29. The number of hydrogen-bond donors (Lipinski definition) is 1. The first-order chi connectivity index (χ1) is 9.63. The van der Waals surface area contributed by atoms with Crippen LogP contribution in [-0.4, -0.2) is 62.6 Å². The fraction of sp³-hybridized carbons (Fsp3) is 0.667. The molecule has 2 aliphatic rings. The van der Waals surface area contributed by atoms with Gasteiger partial charge in [0.2, 0.25) is 17.8 Å². The van der Waals surface area contributed by atoms with E-state index in [2.05, 4.69) is 10.1 Å². The van der Waals surface area contributed by atoms with Crippen LogP contribution in [0.25, 0.3) is 0 Å². The standard InChI is InChI=1S/C12H18N6O2/c13-12-14-8-18(15-12)7-10(19)16-3-5-17(6-4-16)11(20)9-1-2-9/h8-9H,1-7H2,(H2,13,15). The van der Waals surface area contributed by atoms with Gasteiger partial charge >= 0.3 is 0 Å². The maximum Gasteiger partial charge on any atom is 0.244 e. The van der Waals surface area contributed by atoms with E-state index in [1.807, 2.05) is 4.90 Å². The molecule has 0 spiro atoms. The van der Waals surface area contributed by atoms with Crippen molar-refractivity contribution in [3.05, 3.63) is 6.33 Å². The third-order valence-corrected chi connectivity index (χ3v) is 3.72. The number of anilines is 1. The zero-order valence-electron chi connectivity index (χ0n) is 11.2. The maximum atomic E-state index is 12.1. The second-order valence-electron chi connectivity index (χ2n) is 5.28. The Morgan fingerprint density at radius 2 is 1.85 bits per heavy atom. The second-order valence-corrected chi connectivity index (χ2v) is 5.28. The molecule has 108 valence electrons. The van der Waals surface area contributed by atoms with Crippen molar-refractivity contribution >= 4 is 17.8 Å². The number of piperazine rings is 1. The molecular weight excluding hydrogens is 260 g/mol. The van der Waals surface area contributed by atoms with Crippen LogP contribution >= 0.6 is 0 Å². The fourth-order valence-corrected chi connectivity index (χ4v) is 2.39. The molecule has 8 nitrogen and oxygen atoms in total. The Hall–Kier alpha value is -2.12. The normalized spacial score (nSPS) is 19.2. The van der Waals surface area contributed by atoms with Crippen LogP contribution in [0.5, 0.6) is 0 Å². The molecule has 0 aromatic carbocycles. The van der Waals surface area contributed by atoms with E-state index in [1.165, 1.54) is 11.0 Å². The molecule has 0 unspecified atom stereocenters. The summed E-state index contributed by atoms with van der Waals surface area (Å²) < 4.78 is 1.43. The van der Waals surface area contributed by atoms with Crippen molar-refractivity contribution in [1.82, 2.24) is 24.6 Å². The van der Waals surface area contributed by atoms with E-state index in [0.29, 0.717) is 26.2 Å². The van der Waals surface area contributed by atoms with Gasteiger partial charge in [0, 0.05) is 32.1 Å². The third-order valence-electron chi connectivity index (χ3n) is 3.72. The highest BCUT2D eigenvalue weighted by Gasteiger charge is 2.35. The molecular formula is C12H18N6O2. The van der Waals surface area contributed by atoms with Gasteiger partial charge in [0.1, 0.15) is 12.9 Å². The van der Waals surface area contributed by atoms with Crippen molar-refractivity contribution in [3.8, 4) is 0 Å². The first kappa shape index (κ1) is 12.9. The Morgan fingerprint density at radius 1 is 1.20 bits per heavy atom. The Morgan fingerprint density at radius 3 is 2.40 bits per heavy atom. The zero-order valence-corrected chi connectivity index (χ0v) is 11.2. The summed E-state index contributed by atoms with van der Waals surface area (Å²) >= 11 is 0. The summed E-state index contributed by atoms with van der Waals surface area (Å²) in [7, 11) is 0. The van der Waals surface area contributed by atoms with E-state index in [4.69, 9.17) is 5.73 Å². The van der Waals surface area contributed by atoms with E-state index >= 15 is 0 Å². The molecule has 20 heavy (non-hydrogen) atoms. The summed E-state index contributed by atoms with van der Waals surface area (Å²) in [6.45, 7) is 2.56. The molecule has 0 atom stereocenters.